The number of amides is 2. The number of halogens is 3. The van der Waals surface area contributed by atoms with E-state index in [0.717, 1.165) is 53.1 Å². The lowest BCUT2D eigenvalue weighted by Gasteiger charge is -2.35. The average molecular weight is 727 g/mol. The van der Waals surface area contributed by atoms with E-state index >= 15 is 0 Å². The largest absolute Gasteiger partial charge is 0.352 e. The van der Waals surface area contributed by atoms with Crippen molar-refractivity contribution in [3.05, 3.63) is 129 Å². The van der Waals surface area contributed by atoms with Crippen LogP contribution in [0.5, 0.6) is 0 Å². The molecule has 1 N–H and O–H groups in total. The number of nitrogens with one attached hydrogen (secondary N) is 1. The minimum Gasteiger partial charge on any atom is -0.352 e. The van der Waals surface area contributed by atoms with Gasteiger partial charge in [-0.1, -0.05) is 114 Å². The summed E-state index contributed by atoms with van der Waals surface area (Å²) in [4.78, 5) is 30.4. The number of hydrogen-bond acceptors (Lipinski definition) is 4. The third-order valence-corrected chi connectivity index (χ3v) is 11.1. The molecule has 252 valence electrons. The molecule has 0 saturated heterocycles. The lowest BCUT2D eigenvalue weighted by molar-refractivity contribution is -0.140. The molecular weight excluding hydrogens is 689 g/mol. The van der Waals surface area contributed by atoms with Crippen LogP contribution in [0.3, 0.4) is 0 Å². The maximum atomic E-state index is 14.7. The monoisotopic (exact) mass is 725 g/mol. The van der Waals surface area contributed by atoms with Gasteiger partial charge in [0.2, 0.25) is 11.8 Å². The molecule has 0 heterocycles. The van der Waals surface area contributed by atoms with Crippen molar-refractivity contribution in [2.24, 2.45) is 0 Å². The van der Waals surface area contributed by atoms with Crippen molar-refractivity contribution in [2.75, 3.05) is 10.8 Å². The second-order valence-corrected chi connectivity index (χ2v) is 15.3. The number of benzene rings is 4. The maximum Gasteiger partial charge on any atom is 0.264 e. The third kappa shape index (κ3) is 9.11. The van der Waals surface area contributed by atoms with Crippen LogP contribution in [-0.2, 0) is 32.6 Å². The second-order valence-electron chi connectivity index (χ2n) is 12.1. The van der Waals surface area contributed by atoms with Crippen molar-refractivity contribution in [2.45, 2.75) is 69.0 Å². The van der Waals surface area contributed by atoms with Crippen LogP contribution >= 0.6 is 34.8 Å². The van der Waals surface area contributed by atoms with Crippen molar-refractivity contribution < 1.29 is 18.0 Å². The number of carbonyl (C=O) groups excluding carboxylic acids is 2. The van der Waals surface area contributed by atoms with Gasteiger partial charge in [-0.2, -0.15) is 0 Å². The van der Waals surface area contributed by atoms with Crippen LogP contribution in [0.2, 0.25) is 15.1 Å². The van der Waals surface area contributed by atoms with E-state index in [-0.39, 0.29) is 45.5 Å². The minimum absolute atomic E-state index is 0.000637. The summed E-state index contributed by atoms with van der Waals surface area (Å²) in [6.45, 7) is 1.25. The highest BCUT2D eigenvalue weighted by molar-refractivity contribution is 7.92. The number of aryl methyl sites for hydroxylation is 1. The van der Waals surface area contributed by atoms with Gasteiger partial charge in [-0.25, -0.2) is 8.42 Å². The van der Waals surface area contributed by atoms with Crippen LogP contribution in [0.1, 0.15) is 48.8 Å². The molecule has 1 saturated carbocycles. The predicted molar refractivity (Wildman–Crippen MR) is 193 cm³/mol. The summed E-state index contributed by atoms with van der Waals surface area (Å²) in [7, 11) is -4.32. The quantitative estimate of drug-likeness (QED) is 0.159. The molecule has 0 bridgehead atoms. The molecule has 1 atom stereocenters. The fourth-order valence-corrected chi connectivity index (χ4v) is 7.90. The molecule has 0 radical (unpaired) electrons. The molecule has 4 aromatic carbocycles. The molecular formula is C37H38Cl3N3O4S. The van der Waals surface area contributed by atoms with E-state index in [0.29, 0.717) is 5.02 Å². The normalized spacial score (nSPS) is 14.2. The van der Waals surface area contributed by atoms with Gasteiger partial charge in [0.05, 0.1) is 15.6 Å². The lowest BCUT2D eigenvalue weighted by Crippen LogP contribution is -2.55. The number of carbonyl (C=O) groups is 2. The van der Waals surface area contributed by atoms with Gasteiger partial charge in [-0.05, 0) is 73.4 Å². The summed E-state index contributed by atoms with van der Waals surface area (Å²) >= 11 is 19.1. The van der Waals surface area contributed by atoms with Gasteiger partial charge in [0.25, 0.3) is 10.0 Å². The number of sulfonamides is 1. The standard InChI is InChI=1S/C37H38Cl3N3O4S/c1-26-12-19-32(20-13-26)48(46,47)43(34-23-30(39)18-21-33(34)40)25-36(44)42(24-28-14-16-29(38)17-15-28)35(22-27-8-4-2-5-9-27)37(45)41-31-10-6-3-7-11-31/h2,4-5,8-9,12-21,23,31,35H,3,6-7,10-11,22,24-25H2,1H3,(H,41,45). The Balaban J connectivity index is 1.58. The minimum atomic E-state index is -4.32. The van der Waals surface area contributed by atoms with E-state index in [9.17, 15) is 18.0 Å². The van der Waals surface area contributed by atoms with Gasteiger partial charge in [0, 0.05) is 29.1 Å². The summed E-state index contributed by atoms with van der Waals surface area (Å²) in [5, 5.41) is 4.08. The summed E-state index contributed by atoms with van der Waals surface area (Å²) in [5.41, 5.74) is 2.51. The molecule has 1 aliphatic carbocycles. The maximum absolute atomic E-state index is 14.7. The van der Waals surface area contributed by atoms with Crippen LogP contribution in [0.25, 0.3) is 0 Å². The molecule has 7 nitrogen and oxygen atoms in total. The zero-order valence-electron chi connectivity index (χ0n) is 26.6. The average Bonchev–Trinajstić information content (AvgIpc) is 3.08. The van der Waals surface area contributed by atoms with Crippen molar-refractivity contribution in [1.82, 2.24) is 10.2 Å². The zero-order chi connectivity index (χ0) is 34.3. The Morgan fingerprint density at radius 3 is 2.12 bits per heavy atom. The molecule has 0 spiro atoms. The van der Waals surface area contributed by atoms with Crippen molar-refractivity contribution >= 4 is 62.3 Å². The van der Waals surface area contributed by atoms with E-state index in [1.165, 1.54) is 29.2 Å². The number of hydrogen-bond donors (Lipinski definition) is 1. The van der Waals surface area contributed by atoms with E-state index in [1.54, 1.807) is 42.5 Å². The topological polar surface area (TPSA) is 86.8 Å². The molecule has 0 aromatic heterocycles. The molecule has 48 heavy (non-hydrogen) atoms. The van der Waals surface area contributed by atoms with Crippen molar-refractivity contribution in [1.29, 1.82) is 0 Å². The van der Waals surface area contributed by atoms with Crippen LogP contribution in [0.4, 0.5) is 5.69 Å². The first kappa shape index (κ1) is 35.7. The van der Waals surface area contributed by atoms with Gasteiger partial charge in [0.1, 0.15) is 12.6 Å². The Kier molecular flexibility index (Phi) is 12.1. The molecule has 1 unspecified atom stereocenters. The molecule has 5 rings (SSSR count). The van der Waals surface area contributed by atoms with Crippen LogP contribution in [-0.4, -0.2) is 43.8 Å². The fourth-order valence-electron chi connectivity index (χ4n) is 5.91. The Bertz CT molecular complexity index is 1820. The Labute approximate surface area is 297 Å². The molecule has 4 aromatic rings. The smallest absolute Gasteiger partial charge is 0.264 e. The third-order valence-electron chi connectivity index (χ3n) is 8.55. The molecule has 2 amide bonds. The number of anilines is 1. The predicted octanol–water partition coefficient (Wildman–Crippen LogP) is 8.24. The highest BCUT2D eigenvalue weighted by Gasteiger charge is 2.36. The molecule has 11 heteroatoms. The van der Waals surface area contributed by atoms with Crippen LogP contribution in [0, 0.1) is 6.92 Å². The first-order chi connectivity index (χ1) is 23.0. The van der Waals surface area contributed by atoms with Gasteiger partial charge in [-0.15, -0.1) is 0 Å². The summed E-state index contributed by atoms with van der Waals surface area (Å²) < 4.78 is 29.5. The van der Waals surface area contributed by atoms with Crippen LogP contribution in [0.15, 0.2) is 102 Å². The Morgan fingerprint density at radius 1 is 0.812 bits per heavy atom. The first-order valence-corrected chi connectivity index (χ1v) is 18.5. The molecule has 0 aliphatic heterocycles. The zero-order valence-corrected chi connectivity index (χ0v) is 29.7. The van der Waals surface area contributed by atoms with Crippen molar-refractivity contribution in [3.8, 4) is 0 Å². The highest BCUT2D eigenvalue weighted by Crippen LogP contribution is 2.33. The Morgan fingerprint density at radius 2 is 1.46 bits per heavy atom. The SMILES string of the molecule is Cc1ccc(S(=O)(=O)N(CC(=O)N(Cc2ccc(Cl)cc2)C(Cc2ccccc2)C(=O)NC2CCCCC2)c2cc(Cl)ccc2Cl)cc1. The van der Waals surface area contributed by atoms with Gasteiger partial charge in [-0.3, -0.25) is 13.9 Å². The summed E-state index contributed by atoms with van der Waals surface area (Å²) in [6, 6.07) is 26.3. The van der Waals surface area contributed by atoms with E-state index in [4.69, 9.17) is 34.8 Å². The van der Waals surface area contributed by atoms with Crippen LogP contribution < -0.4 is 9.62 Å². The number of rotatable bonds is 12. The first-order valence-electron chi connectivity index (χ1n) is 15.9. The highest BCUT2D eigenvalue weighted by atomic mass is 35.5. The summed E-state index contributed by atoms with van der Waals surface area (Å²) in [6.07, 6.45) is 5.12. The van der Waals surface area contributed by atoms with E-state index < -0.39 is 28.5 Å². The number of nitrogens with zero attached hydrogens (tertiary/aromatic N) is 2. The van der Waals surface area contributed by atoms with Gasteiger partial charge in [0.15, 0.2) is 0 Å². The Hall–Kier alpha value is -3.56. The summed E-state index contributed by atoms with van der Waals surface area (Å²) in [5.74, 6) is -0.877. The molecule has 1 aliphatic rings. The van der Waals surface area contributed by atoms with Crippen molar-refractivity contribution in [3.63, 3.8) is 0 Å². The second kappa shape index (κ2) is 16.2. The lowest BCUT2D eigenvalue weighted by atomic mass is 9.94. The van der Waals surface area contributed by atoms with E-state index in [2.05, 4.69) is 5.32 Å². The van der Waals surface area contributed by atoms with Gasteiger partial charge < -0.3 is 10.2 Å². The van der Waals surface area contributed by atoms with Gasteiger partial charge >= 0.3 is 0 Å². The molecule has 1 fully saturated rings. The van der Waals surface area contributed by atoms with E-state index in [1.807, 2.05) is 37.3 Å². The fraction of sp³-hybridized carbons (Fsp3) is 0.297.